The number of halogens is 1. The maximum atomic E-state index is 14.3. The third-order valence-corrected chi connectivity index (χ3v) is 9.05. The maximum absolute atomic E-state index is 14.3. The molecule has 5 rings (SSSR count). The first-order valence-corrected chi connectivity index (χ1v) is 14.8. The number of Topliss-reactive ketones (excluding diaryl/α,β-unsaturated/α-hetero) is 1. The largest absolute Gasteiger partial charge is 0.506 e. The summed E-state index contributed by atoms with van der Waals surface area (Å²) in [7, 11) is -6.49. The number of aliphatic hydroxyl groups is 1. The van der Waals surface area contributed by atoms with Crippen LogP contribution in [0.3, 0.4) is 0 Å². The van der Waals surface area contributed by atoms with Gasteiger partial charge in [-0.3, -0.25) is 14.1 Å². The SMILES string of the molecule is COP1(=O)N=C(C2=C(O)c3cc(F)ccc3C(C)(Cc3ccoc3)C2=O)Nc2ccc(NS(C)(=O)=O)cc21. The summed E-state index contributed by atoms with van der Waals surface area (Å²) in [6, 6.07) is 9.70. The Morgan fingerprint density at radius 2 is 2.00 bits per heavy atom. The van der Waals surface area contributed by atoms with Gasteiger partial charge in [0.25, 0.3) is 0 Å². The molecule has 1 aliphatic heterocycles. The van der Waals surface area contributed by atoms with Crippen molar-refractivity contribution in [2.24, 2.45) is 4.76 Å². The molecule has 10 nitrogen and oxygen atoms in total. The van der Waals surface area contributed by atoms with Crippen molar-refractivity contribution in [3.05, 3.63) is 83.1 Å². The summed E-state index contributed by atoms with van der Waals surface area (Å²) in [4.78, 5) is 14.1. The first-order valence-electron chi connectivity index (χ1n) is 11.3. The summed E-state index contributed by atoms with van der Waals surface area (Å²) in [5.74, 6) is -1.90. The van der Waals surface area contributed by atoms with Crippen molar-refractivity contribution in [1.82, 2.24) is 0 Å². The molecule has 1 aromatic heterocycles. The zero-order valence-corrected chi connectivity index (χ0v) is 22.2. The van der Waals surface area contributed by atoms with E-state index in [2.05, 4.69) is 14.8 Å². The highest BCUT2D eigenvalue weighted by atomic mass is 32.2. The van der Waals surface area contributed by atoms with Gasteiger partial charge < -0.3 is 19.4 Å². The Hall–Kier alpha value is -3.73. The van der Waals surface area contributed by atoms with Crippen LogP contribution in [0, 0.1) is 5.82 Å². The van der Waals surface area contributed by atoms with E-state index in [4.69, 9.17) is 8.94 Å². The van der Waals surface area contributed by atoms with Crippen LogP contribution in [0.1, 0.15) is 23.6 Å². The van der Waals surface area contributed by atoms with E-state index in [1.807, 2.05) is 0 Å². The molecule has 0 fully saturated rings. The second-order valence-corrected chi connectivity index (χ2v) is 13.1. The van der Waals surface area contributed by atoms with Crippen LogP contribution in [-0.4, -0.2) is 38.5 Å². The summed E-state index contributed by atoms with van der Waals surface area (Å²) < 4.78 is 68.4. The van der Waals surface area contributed by atoms with Gasteiger partial charge in [0, 0.05) is 18.4 Å². The van der Waals surface area contributed by atoms with E-state index < -0.39 is 40.3 Å². The molecule has 13 heteroatoms. The highest BCUT2D eigenvalue weighted by molar-refractivity contribution is 7.92. The number of ketones is 1. The normalized spacial score (nSPS) is 22.8. The van der Waals surface area contributed by atoms with Crippen LogP contribution in [0.15, 0.2) is 69.7 Å². The molecule has 2 aliphatic rings. The van der Waals surface area contributed by atoms with E-state index in [0.29, 0.717) is 11.1 Å². The summed E-state index contributed by atoms with van der Waals surface area (Å²) in [6.07, 6.45) is 4.11. The molecular formula is C25H23FN3O7PS. The van der Waals surface area contributed by atoms with Crippen molar-refractivity contribution in [2.75, 3.05) is 23.4 Å². The number of nitrogens with one attached hydrogen (secondary N) is 2. The van der Waals surface area contributed by atoms with Crippen LogP contribution < -0.4 is 15.3 Å². The molecule has 0 spiro atoms. The van der Waals surface area contributed by atoms with E-state index in [-0.39, 0.29) is 40.1 Å². The molecule has 38 heavy (non-hydrogen) atoms. The number of hydrogen-bond donors (Lipinski definition) is 3. The van der Waals surface area contributed by atoms with Crippen molar-refractivity contribution in [2.45, 2.75) is 18.8 Å². The molecule has 2 unspecified atom stereocenters. The Labute approximate surface area is 217 Å². The smallest absolute Gasteiger partial charge is 0.348 e. The number of aliphatic hydroxyl groups excluding tert-OH is 1. The zero-order chi connectivity index (χ0) is 27.5. The Bertz CT molecular complexity index is 1700. The fourth-order valence-corrected chi connectivity index (χ4v) is 6.86. The van der Waals surface area contributed by atoms with Gasteiger partial charge in [0.1, 0.15) is 23.0 Å². The number of amidine groups is 1. The van der Waals surface area contributed by atoms with Gasteiger partial charge >= 0.3 is 7.52 Å². The summed E-state index contributed by atoms with van der Waals surface area (Å²) in [6.45, 7) is 1.67. The monoisotopic (exact) mass is 559 g/mol. The lowest BCUT2D eigenvalue weighted by Crippen LogP contribution is -2.44. The first kappa shape index (κ1) is 25.9. The number of hydrogen-bond acceptors (Lipinski definition) is 8. The van der Waals surface area contributed by atoms with E-state index in [9.17, 15) is 27.3 Å². The molecule has 0 radical (unpaired) electrons. The molecule has 0 amide bonds. The van der Waals surface area contributed by atoms with Crippen molar-refractivity contribution in [3.63, 3.8) is 0 Å². The summed E-state index contributed by atoms with van der Waals surface area (Å²) in [5.41, 5.74) is 0.0324. The Balaban J connectivity index is 1.67. The number of carbonyl (C=O) groups is 1. The Morgan fingerprint density at radius 1 is 1.24 bits per heavy atom. The molecule has 3 N–H and O–H groups in total. The highest BCUT2D eigenvalue weighted by Gasteiger charge is 2.47. The molecule has 0 saturated carbocycles. The van der Waals surface area contributed by atoms with Crippen molar-refractivity contribution >= 4 is 51.6 Å². The second kappa shape index (κ2) is 8.93. The predicted molar refractivity (Wildman–Crippen MR) is 141 cm³/mol. The van der Waals surface area contributed by atoms with Gasteiger partial charge in [-0.1, -0.05) is 6.07 Å². The van der Waals surface area contributed by atoms with Gasteiger partial charge in [-0.25, -0.2) is 12.8 Å². The lowest BCUT2D eigenvalue weighted by Gasteiger charge is -2.36. The van der Waals surface area contributed by atoms with Gasteiger partial charge in [-0.05, 0) is 60.9 Å². The lowest BCUT2D eigenvalue weighted by molar-refractivity contribution is -0.120. The van der Waals surface area contributed by atoms with Gasteiger partial charge in [-0.15, -0.1) is 0 Å². The van der Waals surface area contributed by atoms with E-state index >= 15 is 0 Å². The molecule has 1 aliphatic carbocycles. The Kier molecular flexibility index (Phi) is 6.09. The van der Waals surface area contributed by atoms with Crippen LogP contribution >= 0.6 is 7.52 Å². The lowest BCUT2D eigenvalue weighted by atomic mass is 9.66. The van der Waals surface area contributed by atoms with Crippen LogP contribution in [-0.2, 0) is 35.7 Å². The molecule has 2 aromatic carbocycles. The molecule has 0 saturated heterocycles. The summed E-state index contributed by atoms with van der Waals surface area (Å²) in [5, 5.41) is 14.2. The van der Waals surface area contributed by atoms with E-state index in [1.165, 1.54) is 42.9 Å². The number of carbonyl (C=O) groups excluding carboxylic acids is 1. The van der Waals surface area contributed by atoms with Gasteiger partial charge in [0.2, 0.25) is 10.0 Å². The summed E-state index contributed by atoms with van der Waals surface area (Å²) >= 11 is 0. The van der Waals surface area contributed by atoms with E-state index in [0.717, 1.165) is 19.4 Å². The molecule has 3 aromatic rings. The fourth-order valence-electron chi connectivity index (χ4n) is 4.77. The number of rotatable bonds is 6. The quantitative estimate of drug-likeness (QED) is 0.382. The minimum absolute atomic E-state index is 0.0633. The minimum atomic E-state index is -4.04. The molecule has 0 bridgehead atoms. The standard InChI is InChI=1S/C25H23FN3O7PS/c1-25(12-14-8-9-36-13-14)18-6-4-15(26)10-17(18)22(30)21(23(25)31)24-27-19-7-5-16(29-38(3,33)34)11-20(19)37(32,28-24)35-2/h4-11,13,29-30H,12H2,1-3H3,(H,27,28,32). The van der Waals surface area contributed by atoms with Gasteiger partial charge in [-0.2, -0.15) is 4.76 Å². The average Bonchev–Trinajstić information content (AvgIpc) is 3.35. The van der Waals surface area contributed by atoms with Gasteiger partial charge in [0.05, 0.1) is 35.2 Å². The average molecular weight is 560 g/mol. The third-order valence-electron chi connectivity index (χ3n) is 6.51. The van der Waals surface area contributed by atoms with Crippen LogP contribution in [0.5, 0.6) is 0 Å². The number of fused-ring (bicyclic) bond motifs is 2. The van der Waals surface area contributed by atoms with Crippen molar-refractivity contribution < 1.29 is 36.2 Å². The van der Waals surface area contributed by atoms with Crippen molar-refractivity contribution in [1.29, 1.82) is 0 Å². The fraction of sp³-hybridized carbons (Fsp3) is 0.200. The number of sulfonamides is 1. The maximum Gasteiger partial charge on any atom is 0.348 e. The third kappa shape index (κ3) is 4.34. The number of nitrogens with zero attached hydrogens (tertiary/aromatic N) is 1. The zero-order valence-electron chi connectivity index (χ0n) is 20.5. The van der Waals surface area contributed by atoms with Gasteiger partial charge in [0.15, 0.2) is 5.78 Å². The number of furan rings is 1. The Morgan fingerprint density at radius 3 is 2.66 bits per heavy atom. The number of benzene rings is 2. The topological polar surface area (TPSA) is 147 Å². The molecular weight excluding hydrogens is 536 g/mol. The first-order chi connectivity index (χ1) is 17.8. The highest BCUT2D eigenvalue weighted by Crippen LogP contribution is 2.53. The molecule has 2 atom stereocenters. The number of anilines is 2. The van der Waals surface area contributed by atoms with E-state index in [1.54, 1.807) is 13.0 Å². The minimum Gasteiger partial charge on any atom is -0.506 e. The van der Waals surface area contributed by atoms with Crippen molar-refractivity contribution in [3.8, 4) is 0 Å². The van der Waals surface area contributed by atoms with Crippen LogP contribution in [0.2, 0.25) is 0 Å². The molecule has 2 heterocycles. The van der Waals surface area contributed by atoms with Crippen LogP contribution in [0.25, 0.3) is 5.76 Å². The predicted octanol–water partition coefficient (Wildman–Crippen LogP) is 4.13. The second-order valence-electron chi connectivity index (χ2n) is 9.27. The molecule has 198 valence electrons. The van der Waals surface area contributed by atoms with Crippen LogP contribution in [0.4, 0.5) is 15.8 Å².